The van der Waals surface area contributed by atoms with Crippen LogP contribution in [0.5, 0.6) is 0 Å². The SMILES string of the molecule is CCC(C)c1ccc(NC(=S)Nc2ccc(C(C)CC)cc2)cc1. The zero-order valence-electron chi connectivity index (χ0n) is 15.1. The summed E-state index contributed by atoms with van der Waals surface area (Å²) in [7, 11) is 0. The molecule has 3 heteroatoms. The molecule has 0 saturated carbocycles. The van der Waals surface area contributed by atoms with Crippen LogP contribution in [0.3, 0.4) is 0 Å². The fraction of sp³-hybridized carbons (Fsp3) is 0.381. The summed E-state index contributed by atoms with van der Waals surface area (Å²) in [6.07, 6.45) is 2.30. The molecular weight excluding hydrogens is 312 g/mol. The van der Waals surface area contributed by atoms with Crippen LogP contribution >= 0.6 is 12.2 Å². The van der Waals surface area contributed by atoms with Crippen LogP contribution in [0, 0.1) is 0 Å². The second kappa shape index (κ2) is 8.84. The number of rotatable bonds is 6. The molecule has 2 N–H and O–H groups in total. The van der Waals surface area contributed by atoms with Crippen LogP contribution in [-0.4, -0.2) is 5.11 Å². The maximum absolute atomic E-state index is 5.41. The summed E-state index contributed by atoms with van der Waals surface area (Å²) >= 11 is 5.41. The van der Waals surface area contributed by atoms with E-state index in [2.05, 4.69) is 86.9 Å². The molecule has 2 aromatic carbocycles. The molecule has 2 aromatic rings. The summed E-state index contributed by atoms with van der Waals surface area (Å²) in [6.45, 7) is 8.92. The molecule has 0 fully saturated rings. The Bertz CT molecular complexity index is 589. The van der Waals surface area contributed by atoms with Gasteiger partial charge >= 0.3 is 0 Å². The van der Waals surface area contributed by atoms with Gasteiger partial charge in [-0.2, -0.15) is 0 Å². The van der Waals surface area contributed by atoms with Gasteiger partial charge in [-0.25, -0.2) is 0 Å². The topological polar surface area (TPSA) is 24.1 Å². The van der Waals surface area contributed by atoms with Crippen LogP contribution in [0.4, 0.5) is 11.4 Å². The van der Waals surface area contributed by atoms with Gasteiger partial charge in [-0.15, -0.1) is 0 Å². The molecule has 0 bridgehead atoms. The lowest BCUT2D eigenvalue weighted by atomic mass is 9.98. The Kier molecular flexibility index (Phi) is 6.80. The van der Waals surface area contributed by atoms with Crippen molar-refractivity contribution >= 4 is 28.7 Å². The van der Waals surface area contributed by atoms with Crippen LogP contribution in [-0.2, 0) is 0 Å². The predicted molar refractivity (Wildman–Crippen MR) is 110 cm³/mol. The highest BCUT2D eigenvalue weighted by Gasteiger charge is 2.05. The van der Waals surface area contributed by atoms with Crippen molar-refractivity contribution in [3.05, 3.63) is 59.7 Å². The van der Waals surface area contributed by atoms with Crippen molar-refractivity contribution in [3.8, 4) is 0 Å². The Morgan fingerprint density at radius 3 is 1.38 bits per heavy atom. The monoisotopic (exact) mass is 340 g/mol. The molecule has 2 unspecified atom stereocenters. The number of nitrogens with one attached hydrogen (secondary N) is 2. The second-order valence-electron chi connectivity index (χ2n) is 6.44. The third-order valence-corrected chi connectivity index (χ3v) is 4.90. The lowest BCUT2D eigenvalue weighted by molar-refractivity contribution is 0.734. The molecule has 0 spiro atoms. The molecule has 0 aliphatic heterocycles. The van der Waals surface area contributed by atoms with Crippen molar-refractivity contribution in [1.82, 2.24) is 0 Å². The Morgan fingerprint density at radius 1 is 0.750 bits per heavy atom. The fourth-order valence-corrected chi connectivity index (χ4v) is 2.79. The van der Waals surface area contributed by atoms with Crippen LogP contribution in [0.25, 0.3) is 0 Å². The van der Waals surface area contributed by atoms with Gasteiger partial charge in [-0.1, -0.05) is 52.0 Å². The van der Waals surface area contributed by atoms with Gasteiger partial charge in [0.25, 0.3) is 0 Å². The van der Waals surface area contributed by atoms with E-state index < -0.39 is 0 Å². The van der Waals surface area contributed by atoms with Crippen molar-refractivity contribution in [1.29, 1.82) is 0 Å². The molecule has 2 rings (SSSR count). The molecule has 24 heavy (non-hydrogen) atoms. The molecule has 0 amide bonds. The van der Waals surface area contributed by atoms with Crippen molar-refractivity contribution in [2.24, 2.45) is 0 Å². The van der Waals surface area contributed by atoms with Crippen LogP contribution in [0.1, 0.15) is 63.5 Å². The third kappa shape index (κ3) is 5.07. The van der Waals surface area contributed by atoms with Gasteiger partial charge in [-0.05, 0) is 72.3 Å². The molecule has 2 nitrogen and oxygen atoms in total. The van der Waals surface area contributed by atoms with E-state index in [0.717, 1.165) is 24.2 Å². The van der Waals surface area contributed by atoms with Gasteiger partial charge in [0, 0.05) is 11.4 Å². The van der Waals surface area contributed by atoms with Crippen LogP contribution in [0.2, 0.25) is 0 Å². The first-order chi connectivity index (χ1) is 11.5. The molecule has 2 atom stereocenters. The molecule has 0 heterocycles. The summed E-state index contributed by atoms with van der Waals surface area (Å²) < 4.78 is 0. The van der Waals surface area contributed by atoms with Gasteiger partial charge in [0.15, 0.2) is 5.11 Å². The lowest BCUT2D eigenvalue weighted by Crippen LogP contribution is -2.19. The van der Waals surface area contributed by atoms with E-state index in [-0.39, 0.29) is 0 Å². The first-order valence-corrected chi connectivity index (χ1v) is 9.22. The highest BCUT2D eigenvalue weighted by atomic mass is 32.1. The van der Waals surface area contributed by atoms with Gasteiger partial charge in [-0.3, -0.25) is 0 Å². The number of thiocarbonyl (C=S) groups is 1. The van der Waals surface area contributed by atoms with E-state index >= 15 is 0 Å². The first-order valence-electron chi connectivity index (χ1n) is 8.81. The average molecular weight is 341 g/mol. The summed E-state index contributed by atoms with van der Waals surface area (Å²) in [4.78, 5) is 0. The maximum atomic E-state index is 5.41. The standard InChI is InChI=1S/C21H28N2S/c1-5-15(3)17-7-11-19(12-8-17)22-21(24)23-20-13-9-18(10-14-20)16(4)6-2/h7-16H,5-6H2,1-4H3,(H2,22,23,24). The fourth-order valence-electron chi connectivity index (χ4n) is 2.55. The quantitative estimate of drug-likeness (QED) is 0.585. The summed E-state index contributed by atoms with van der Waals surface area (Å²) in [5.41, 5.74) is 4.75. The predicted octanol–water partition coefficient (Wildman–Crippen LogP) is 6.52. The average Bonchev–Trinajstić information content (AvgIpc) is 2.61. The minimum Gasteiger partial charge on any atom is -0.332 e. The number of hydrogen-bond acceptors (Lipinski definition) is 1. The Labute approximate surface area is 151 Å². The molecule has 0 aliphatic rings. The highest BCUT2D eigenvalue weighted by Crippen LogP contribution is 2.22. The van der Waals surface area contributed by atoms with E-state index in [9.17, 15) is 0 Å². The minimum atomic E-state index is 0.591. The largest absolute Gasteiger partial charge is 0.332 e. The molecule has 0 saturated heterocycles. The zero-order chi connectivity index (χ0) is 17.5. The Balaban J connectivity index is 1.93. The van der Waals surface area contributed by atoms with Gasteiger partial charge in [0.1, 0.15) is 0 Å². The summed E-state index contributed by atoms with van der Waals surface area (Å²) in [5.74, 6) is 1.18. The summed E-state index contributed by atoms with van der Waals surface area (Å²) in [5, 5.41) is 7.10. The Morgan fingerprint density at radius 2 is 1.08 bits per heavy atom. The Hall–Kier alpha value is -1.87. The van der Waals surface area contributed by atoms with E-state index in [1.54, 1.807) is 0 Å². The van der Waals surface area contributed by atoms with Gasteiger partial charge < -0.3 is 10.6 Å². The molecule has 0 aliphatic carbocycles. The number of anilines is 2. The van der Waals surface area contributed by atoms with Crippen molar-refractivity contribution in [2.75, 3.05) is 10.6 Å². The number of hydrogen-bond donors (Lipinski definition) is 2. The van der Waals surface area contributed by atoms with Gasteiger partial charge in [0.2, 0.25) is 0 Å². The van der Waals surface area contributed by atoms with Crippen LogP contribution < -0.4 is 10.6 Å². The van der Waals surface area contributed by atoms with Crippen LogP contribution in [0.15, 0.2) is 48.5 Å². The van der Waals surface area contributed by atoms with Gasteiger partial charge in [0.05, 0.1) is 0 Å². The molecule has 0 aromatic heterocycles. The smallest absolute Gasteiger partial charge is 0.175 e. The van der Waals surface area contributed by atoms with E-state index in [0.29, 0.717) is 16.9 Å². The second-order valence-corrected chi connectivity index (χ2v) is 6.85. The van der Waals surface area contributed by atoms with Crippen molar-refractivity contribution < 1.29 is 0 Å². The minimum absolute atomic E-state index is 0.591. The summed E-state index contributed by atoms with van der Waals surface area (Å²) in [6, 6.07) is 17.0. The van der Waals surface area contributed by atoms with Crippen molar-refractivity contribution in [3.63, 3.8) is 0 Å². The lowest BCUT2D eigenvalue weighted by Gasteiger charge is -2.14. The third-order valence-electron chi connectivity index (χ3n) is 4.70. The van der Waals surface area contributed by atoms with Crippen molar-refractivity contribution in [2.45, 2.75) is 52.4 Å². The highest BCUT2D eigenvalue weighted by molar-refractivity contribution is 7.80. The van der Waals surface area contributed by atoms with E-state index in [1.807, 2.05) is 0 Å². The number of benzene rings is 2. The van der Waals surface area contributed by atoms with E-state index in [4.69, 9.17) is 12.2 Å². The first kappa shape index (κ1) is 18.5. The normalized spacial score (nSPS) is 13.2. The molecule has 0 radical (unpaired) electrons. The van der Waals surface area contributed by atoms with E-state index in [1.165, 1.54) is 11.1 Å². The molecular formula is C21H28N2S. The zero-order valence-corrected chi connectivity index (χ0v) is 15.9. The molecule has 128 valence electrons. The maximum Gasteiger partial charge on any atom is 0.175 e.